The summed E-state index contributed by atoms with van der Waals surface area (Å²) in [6.07, 6.45) is 4.38. The number of ether oxygens (including phenoxy) is 4. The number of H-pyrrole nitrogens is 1. The Bertz CT molecular complexity index is 2350. The normalized spacial score (nSPS) is 13.3. The number of cyclic esters (lactones) is 4. The molecule has 0 radical (unpaired) electrons. The highest BCUT2D eigenvalue weighted by atomic mass is 35.5. The SMILES string of the molecule is CC.CC.CC.CC.CC1(C)OC(=O)C(=CNc2ccccc2)C(=O)O1.CC1(C)OC(=O)CC(=O)O1.Clc1ccnc2ccccc12.Nc1ccccc1.O=c1cc[nH]c2ccccc12. The number of aromatic nitrogens is 2. The molecule has 2 saturated heterocycles. The molecule has 0 unspecified atom stereocenters. The van der Waals surface area contributed by atoms with Crippen molar-refractivity contribution in [1.29, 1.82) is 0 Å². The van der Waals surface area contributed by atoms with Crippen molar-refractivity contribution in [2.75, 3.05) is 11.1 Å². The monoisotopic (exact) mass is 912 g/mol. The molecule has 0 amide bonds. The number of aromatic amines is 1. The Balaban J connectivity index is 0.000000777. The lowest BCUT2D eigenvalue weighted by Crippen LogP contribution is -2.42. The van der Waals surface area contributed by atoms with E-state index in [0.29, 0.717) is 0 Å². The lowest BCUT2D eigenvalue weighted by atomic mass is 10.2. The van der Waals surface area contributed by atoms with Gasteiger partial charge in [0.1, 0.15) is 6.42 Å². The van der Waals surface area contributed by atoms with Gasteiger partial charge in [0.05, 0.1) is 10.5 Å². The first-order valence-electron chi connectivity index (χ1n) is 21.4. The molecule has 0 spiro atoms. The van der Waals surface area contributed by atoms with Gasteiger partial charge in [0, 0.05) is 80.0 Å². The van der Waals surface area contributed by atoms with E-state index in [1.807, 2.05) is 152 Å². The fraction of sp³-hybridized carbons (Fsp3) is 0.294. The van der Waals surface area contributed by atoms with Crippen LogP contribution >= 0.6 is 11.6 Å². The number of hydrogen-bond acceptors (Lipinski definition) is 12. The molecule has 4 N–H and O–H groups in total. The number of nitrogens with two attached hydrogens (primary N) is 1. The highest BCUT2D eigenvalue weighted by Gasteiger charge is 2.39. The molecule has 2 aromatic heterocycles. The second-order valence-corrected chi connectivity index (χ2v) is 13.3. The lowest BCUT2D eigenvalue weighted by Gasteiger charge is -2.29. The summed E-state index contributed by atoms with van der Waals surface area (Å²) < 4.78 is 19.2. The quantitative estimate of drug-likeness (QED) is 0.0491. The molecule has 4 aromatic carbocycles. The Kier molecular flexibility index (Phi) is 28.4. The summed E-state index contributed by atoms with van der Waals surface area (Å²) in [7, 11) is 0. The highest BCUT2D eigenvalue weighted by molar-refractivity contribution is 6.35. The fourth-order valence-electron chi connectivity index (χ4n) is 4.86. The topological polar surface area (TPSA) is 189 Å². The molecule has 350 valence electrons. The van der Waals surface area contributed by atoms with Crippen LogP contribution < -0.4 is 16.5 Å². The summed E-state index contributed by atoms with van der Waals surface area (Å²) in [4.78, 5) is 62.7. The van der Waals surface area contributed by atoms with Crippen molar-refractivity contribution in [3.05, 3.63) is 161 Å². The van der Waals surface area contributed by atoms with Crippen LogP contribution in [0, 0.1) is 0 Å². The third-order valence-electron chi connectivity index (χ3n) is 7.34. The number of nitrogen functional groups attached to an aromatic ring is 1. The summed E-state index contributed by atoms with van der Waals surface area (Å²) in [6, 6.07) is 37.2. The first kappa shape index (κ1) is 58.0. The highest BCUT2D eigenvalue weighted by Crippen LogP contribution is 2.23. The summed E-state index contributed by atoms with van der Waals surface area (Å²) in [5.74, 6) is -4.73. The smallest absolute Gasteiger partial charge is 0.350 e. The van der Waals surface area contributed by atoms with Crippen molar-refractivity contribution in [2.24, 2.45) is 0 Å². The van der Waals surface area contributed by atoms with Crippen LogP contribution in [-0.2, 0) is 38.1 Å². The van der Waals surface area contributed by atoms with Crippen LogP contribution in [0.5, 0.6) is 0 Å². The number of rotatable bonds is 2. The summed E-state index contributed by atoms with van der Waals surface area (Å²) in [5, 5.41) is 5.35. The molecule has 2 fully saturated rings. The standard InChI is InChI=1S/C13H13NO4.C9H6ClN.C9H7NO.C6H7N.C6H8O4.4C2H6/c1-13(2)17-11(15)10(12(16)18-13)8-14-9-6-4-3-5-7-9;10-8-5-6-11-9-4-2-1-3-7(8)9;11-9-5-6-10-8-4-2-1-3-7(8)9;7-6-4-2-1-3-5-6;1-6(2)9-4(7)3-5(8)10-6;4*1-2/h3-8,14H,1-2H3;1-6H;1-6H,(H,10,11);1-5H,7H2;3H2,1-2H3;4*1-2H3. The Labute approximate surface area is 388 Å². The number of nitrogens with one attached hydrogen (secondary N) is 2. The first-order chi connectivity index (χ1) is 31.1. The van der Waals surface area contributed by atoms with E-state index in [0.717, 1.165) is 38.2 Å². The number of pyridine rings is 2. The van der Waals surface area contributed by atoms with Crippen molar-refractivity contribution < 1.29 is 38.1 Å². The molecule has 0 aliphatic carbocycles. The van der Waals surface area contributed by atoms with Crippen molar-refractivity contribution >= 4 is 68.7 Å². The van der Waals surface area contributed by atoms with E-state index in [9.17, 15) is 24.0 Å². The Morgan fingerprint density at radius 1 is 0.600 bits per heavy atom. The average Bonchev–Trinajstić information content (AvgIpc) is 3.30. The zero-order chi connectivity index (χ0) is 49.4. The van der Waals surface area contributed by atoms with E-state index < -0.39 is 35.5 Å². The number of anilines is 2. The van der Waals surface area contributed by atoms with Gasteiger partial charge in [-0.25, -0.2) is 9.59 Å². The lowest BCUT2D eigenvalue weighted by molar-refractivity contribution is -0.231. The van der Waals surface area contributed by atoms with Crippen LogP contribution in [0.15, 0.2) is 150 Å². The van der Waals surface area contributed by atoms with Gasteiger partial charge < -0.3 is 35.0 Å². The van der Waals surface area contributed by atoms with Crippen LogP contribution in [0.1, 0.15) is 89.5 Å². The average molecular weight is 914 g/mol. The maximum atomic E-state index is 11.6. The molecule has 14 heteroatoms. The molecule has 0 atom stereocenters. The van der Waals surface area contributed by atoms with Crippen LogP contribution in [0.25, 0.3) is 21.8 Å². The van der Waals surface area contributed by atoms with Crippen LogP contribution in [0.4, 0.5) is 11.4 Å². The second-order valence-electron chi connectivity index (χ2n) is 12.9. The predicted octanol–water partition coefficient (Wildman–Crippen LogP) is 11.8. The third kappa shape index (κ3) is 22.3. The number of esters is 4. The van der Waals surface area contributed by atoms with E-state index >= 15 is 0 Å². The summed E-state index contributed by atoms with van der Waals surface area (Å²) >= 11 is 5.92. The minimum absolute atomic E-state index is 0.0688. The van der Waals surface area contributed by atoms with Gasteiger partial charge in [0.2, 0.25) is 0 Å². The molecule has 0 saturated carbocycles. The number of carbonyl (C=O) groups is 4. The molecule has 8 rings (SSSR count). The van der Waals surface area contributed by atoms with E-state index in [1.54, 1.807) is 30.6 Å². The van der Waals surface area contributed by atoms with E-state index in [1.165, 1.54) is 40.0 Å². The summed E-state index contributed by atoms with van der Waals surface area (Å²) in [5.41, 5.74) is 8.69. The number of halogens is 1. The molecule has 2 aliphatic rings. The number of fused-ring (bicyclic) bond motifs is 2. The van der Waals surface area contributed by atoms with E-state index in [-0.39, 0.29) is 17.4 Å². The molecule has 2 aliphatic heterocycles. The van der Waals surface area contributed by atoms with Crippen molar-refractivity contribution in [1.82, 2.24) is 9.97 Å². The summed E-state index contributed by atoms with van der Waals surface area (Å²) in [6.45, 7) is 22.0. The Morgan fingerprint density at radius 2 is 1.06 bits per heavy atom. The van der Waals surface area contributed by atoms with Crippen molar-refractivity contribution in [2.45, 2.75) is 101 Å². The maximum absolute atomic E-state index is 11.6. The van der Waals surface area contributed by atoms with Gasteiger partial charge in [-0.1, -0.05) is 134 Å². The van der Waals surface area contributed by atoms with E-state index in [4.69, 9.17) is 26.8 Å². The zero-order valence-corrected chi connectivity index (χ0v) is 40.3. The largest absolute Gasteiger partial charge is 0.423 e. The zero-order valence-electron chi connectivity index (χ0n) is 39.6. The van der Waals surface area contributed by atoms with Crippen LogP contribution in [0.2, 0.25) is 5.02 Å². The van der Waals surface area contributed by atoms with E-state index in [2.05, 4.69) is 24.8 Å². The molecular weight excluding hydrogens is 848 g/mol. The molecule has 13 nitrogen and oxygen atoms in total. The minimum atomic E-state index is -1.21. The van der Waals surface area contributed by atoms with Gasteiger partial charge in [0.25, 0.3) is 11.6 Å². The Hall–Kier alpha value is -6.99. The van der Waals surface area contributed by atoms with Crippen molar-refractivity contribution in [3.63, 3.8) is 0 Å². The molecule has 65 heavy (non-hydrogen) atoms. The maximum Gasteiger partial charge on any atom is 0.350 e. The van der Waals surface area contributed by atoms with Gasteiger partial charge in [-0.15, -0.1) is 0 Å². The predicted molar refractivity (Wildman–Crippen MR) is 263 cm³/mol. The van der Waals surface area contributed by atoms with Gasteiger partial charge in [-0.05, 0) is 48.5 Å². The molecule has 0 bridgehead atoms. The van der Waals surface area contributed by atoms with Gasteiger partial charge >= 0.3 is 23.9 Å². The van der Waals surface area contributed by atoms with Gasteiger partial charge in [-0.2, -0.15) is 0 Å². The number of benzene rings is 4. The Morgan fingerprint density at radius 3 is 1.54 bits per heavy atom. The number of para-hydroxylation sites is 4. The van der Waals surface area contributed by atoms with Crippen molar-refractivity contribution in [3.8, 4) is 0 Å². The minimum Gasteiger partial charge on any atom is -0.423 e. The third-order valence-corrected chi connectivity index (χ3v) is 7.67. The number of carbonyl (C=O) groups excluding carboxylic acids is 4. The molecule has 6 aromatic rings. The van der Waals surface area contributed by atoms with Crippen LogP contribution in [-0.4, -0.2) is 45.4 Å². The first-order valence-corrected chi connectivity index (χ1v) is 21.8. The number of nitrogens with zero attached hydrogens (tertiary/aromatic N) is 1. The van der Waals surface area contributed by atoms with Crippen LogP contribution in [0.3, 0.4) is 0 Å². The van der Waals surface area contributed by atoms with Gasteiger partial charge in [0.15, 0.2) is 11.0 Å². The fourth-order valence-corrected chi connectivity index (χ4v) is 5.08. The second kappa shape index (κ2) is 31.8. The van der Waals surface area contributed by atoms with Gasteiger partial charge in [-0.3, -0.25) is 19.4 Å². The molecular formula is C51H65ClN4O9. The number of hydrogen-bond donors (Lipinski definition) is 3. The molecule has 4 heterocycles.